The Balaban J connectivity index is 1.98. The lowest BCUT2D eigenvalue weighted by atomic mass is 10.1. The summed E-state index contributed by atoms with van der Waals surface area (Å²) in [5.74, 6) is 1.73. The van der Waals surface area contributed by atoms with Crippen LogP contribution in [0.2, 0.25) is 0 Å². The second-order valence-electron chi connectivity index (χ2n) is 4.59. The molecule has 1 aliphatic heterocycles. The van der Waals surface area contributed by atoms with Gasteiger partial charge in [0, 0.05) is 0 Å². The molecule has 0 unspecified atom stereocenters. The maximum atomic E-state index is 11.4. The zero-order chi connectivity index (χ0) is 13.2. The second kappa shape index (κ2) is 4.76. The van der Waals surface area contributed by atoms with E-state index >= 15 is 0 Å². The first-order chi connectivity index (χ1) is 9.24. The third kappa shape index (κ3) is 2.32. The Labute approximate surface area is 111 Å². The van der Waals surface area contributed by atoms with Crippen molar-refractivity contribution in [3.8, 4) is 17.2 Å². The smallest absolute Gasteiger partial charge is 0.311 e. The number of benzene rings is 2. The van der Waals surface area contributed by atoms with Crippen LogP contribution in [0.5, 0.6) is 17.2 Å². The van der Waals surface area contributed by atoms with E-state index in [0.29, 0.717) is 24.3 Å². The van der Waals surface area contributed by atoms with Gasteiger partial charge in [-0.2, -0.15) is 0 Å². The van der Waals surface area contributed by atoms with E-state index < -0.39 is 0 Å². The van der Waals surface area contributed by atoms with Crippen LogP contribution in [0.3, 0.4) is 0 Å². The van der Waals surface area contributed by atoms with Crippen molar-refractivity contribution >= 4 is 5.97 Å². The van der Waals surface area contributed by atoms with E-state index in [1.807, 2.05) is 49.4 Å². The Bertz CT molecular complexity index is 632. The molecular weight excluding hydrogens is 240 g/mol. The molecule has 0 fully saturated rings. The molecule has 0 N–H and O–H groups in total. The third-order valence-corrected chi connectivity index (χ3v) is 3.19. The predicted octanol–water partition coefficient (Wildman–Crippen LogP) is 3.64. The van der Waals surface area contributed by atoms with Crippen LogP contribution < -0.4 is 9.47 Å². The highest BCUT2D eigenvalue weighted by Gasteiger charge is 2.21. The average molecular weight is 254 g/mol. The fourth-order valence-electron chi connectivity index (χ4n) is 2.15. The number of carbonyl (C=O) groups excluding carboxylic acids is 1. The first-order valence-corrected chi connectivity index (χ1v) is 6.30. The van der Waals surface area contributed by atoms with Crippen LogP contribution in [-0.2, 0) is 11.2 Å². The lowest BCUT2D eigenvalue weighted by Gasteiger charge is -2.19. The highest BCUT2D eigenvalue weighted by molar-refractivity contribution is 5.76. The third-order valence-electron chi connectivity index (χ3n) is 3.19. The summed E-state index contributed by atoms with van der Waals surface area (Å²) in [6.07, 6.45) is 1.14. The van der Waals surface area contributed by atoms with Gasteiger partial charge >= 0.3 is 5.97 Å². The summed E-state index contributed by atoms with van der Waals surface area (Å²) in [5, 5.41) is 0. The molecule has 0 radical (unpaired) electrons. The van der Waals surface area contributed by atoms with E-state index in [4.69, 9.17) is 9.47 Å². The van der Waals surface area contributed by atoms with E-state index in [2.05, 4.69) is 0 Å². The number of esters is 1. The van der Waals surface area contributed by atoms with Crippen LogP contribution in [-0.4, -0.2) is 5.97 Å². The SMILES string of the molecule is Cc1ccccc1Oc1cccc2c1OC(=O)CC2. The minimum atomic E-state index is -0.201. The number of fused-ring (bicyclic) bond motifs is 1. The van der Waals surface area contributed by atoms with Crippen LogP contribution in [0.25, 0.3) is 0 Å². The molecule has 0 bridgehead atoms. The van der Waals surface area contributed by atoms with Gasteiger partial charge in [0.05, 0.1) is 6.42 Å². The number of hydrogen-bond donors (Lipinski definition) is 0. The average Bonchev–Trinajstić information content (AvgIpc) is 2.42. The van der Waals surface area contributed by atoms with Gasteiger partial charge in [-0.3, -0.25) is 4.79 Å². The summed E-state index contributed by atoms with van der Waals surface area (Å²) in [5.41, 5.74) is 2.06. The van der Waals surface area contributed by atoms with E-state index in [0.717, 1.165) is 16.9 Å². The van der Waals surface area contributed by atoms with Gasteiger partial charge in [-0.1, -0.05) is 30.3 Å². The van der Waals surface area contributed by atoms with Crippen molar-refractivity contribution in [3.05, 3.63) is 53.6 Å². The number of rotatable bonds is 2. The monoisotopic (exact) mass is 254 g/mol. The van der Waals surface area contributed by atoms with Crippen LogP contribution in [0.1, 0.15) is 17.5 Å². The summed E-state index contributed by atoms with van der Waals surface area (Å²) in [7, 11) is 0. The Morgan fingerprint density at radius 3 is 2.63 bits per heavy atom. The minimum Gasteiger partial charge on any atom is -0.453 e. The number of aryl methyl sites for hydroxylation is 2. The standard InChI is InChI=1S/C16H14O3/c1-11-5-2-3-7-13(11)18-14-8-4-6-12-9-10-15(17)19-16(12)14/h2-8H,9-10H2,1H3. The maximum Gasteiger partial charge on any atom is 0.311 e. The summed E-state index contributed by atoms with van der Waals surface area (Å²) in [6.45, 7) is 1.98. The molecule has 0 aromatic heterocycles. The Morgan fingerprint density at radius 1 is 1.00 bits per heavy atom. The highest BCUT2D eigenvalue weighted by Crippen LogP contribution is 2.38. The van der Waals surface area contributed by atoms with Gasteiger partial charge in [0.2, 0.25) is 0 Å². The molecule has 3 rings (SSSR count). The number of para-hydroxylation sites is 2. The molecule has 1 heterocycles. The predicted molar refractivity (Wildman–Crippen MR) is 71.7 cm³/mol. The number of ether oxygens (including phenoxy) is 2. The summed E-state index contributed by atoms with van der Waals surface area (Å²) in [4.78, 5) is 11.4. The number of hydrogen-bond acceptors (Lipinski definition) is 3. The molecule has 0 amide bonds. The molecule has 3 heteroatoms. The zero-order valence-electron chi connectivity index (χ0n) is 10.7. The number of carbonyl (C=O) groups is 1. The minimum absolute atomic E-state index is 0.201. The summed E-state index contributed by atoms with van der Waals surface area (Å²) >= 11 is 0. The molecular formula is C16H14O3. The highest BCUT2D eigenvalue weighted by atomic mass is 16.6. The Kier molecular flexibility index (Phi) is 2.95. The van der Waals surface area contributed by atoms with Gasteiger partial charge < -0.3 is 9.47 Å². The molecule has 0 saturated heterocycles. The van der Waals surface area contributed by atoms with Crippen LogP contribution in [0.15, 0.2) is 42.5 Å². The van der Waals surface area contributed by atoms with Gasteiger partial charge in [-0.25, -0.2) is 0 Å². The van der Waals surface area contributed by atoms with Crippen LogP contribution in [0.4, 0.5) is 0 Å². The van der Waals surface area contributed by atoms with Crippen molar-refractivity contribution in [1.82, 2.24) is 0 Å². The van der Waals surface area contributed by atoms with E-state index in [9.17, 15) is 4.79 Å². The van der Waals surface area contributed by atoms with E-state index in [-0.39, 0.29) is 5.97 Å². The molecule has 1 aliphatic rings. The van der Waals surface area contributed by atoms with Gasteiger partial charge in [-0.05, 0) is 36.6 Å². The van der Waals surface area contributed by atoms with Crippen molar-refractivity contribution in [2.24, 2.45) is 0 Å². The molecule has 2 aromatic rings. The lowest BCUT2D eigenvalue weighted by Crippen LogP contribution is -2.16. The second-order valence-corrected chi connectivity index (χ2v) is 4.59. The van der Waals surface area contributed by atoms with Crippen LogP contribution >= 0.6 is 0 Å². The molecule has 3 nitrogen and oxygen atoms in total. The van der Waals surface area contributed by atoms with E-state index in [1.54, 1.807) is 0 Å². The van der Waals surface area contributed by atoms with Gasteiger partial charge in [0.1, 0.15) is 5.75 Å². The van der Waals surface area contributed by atoms with Crippen molar-refractivity contribution in [2.45, 2.75) is 19.8 Å². The van der Waals surface area contributed by atoms with Crippen molar-refractivity contribution < 1.29 is 14.3 Å². The zero-order valence-corrected chi connectivity index (χ0v) is 10.7. The molecule has 0 spiro atoms. The lowest BCUT2D eigenvalue weighted by molar-refractivity contribution is -0.135. The molecule has 2 aromatic carbocycles. The van der Waals surface area contributed by atoms with Crippen molar-refractivity contribution in [2.75, 3.05) is 0 Å². The van der Waals surface area contributed by atoms with Gasteiger partial charge in [0.25, 0.3) is 0 Å². The molecule has 0 saturated carbocycles. The Morgan fingerprint density at radius 2 is 1.79 bits per heavy atom. The van der Waals surface area contributed by atoms with Gasteiger partial charge in [-0.15, -0.1) is 0 Å². The van der Waals surface area contributed by atoms with Crippen LogP contribution in [0, 0.1) is 6.92 Å². The van der Waals surface area contributed by atoms with Crippen molar-refractivity contribution in [3.63, 3.8) is 0 Å². The molecule has 0 aliphatic carbocycles. The fourth-order valence-corrected chi connectivity index (χ4v) is 2.15. The van der Waals surface area contributed by atoms with E-state index in [1.165, 1.54) is 0 Å². The normalized spacial score (nSPS) is 13.6. The fraction of sp³-hybridized carbons (Fsp3) is 0.188. The largest absolute Gasteiger partial charge is 0.453 e. The topological polar surface area (TPSA) is 35.5 Å². The quantitative estimate of drug-likeness (QED) is 0.606. The summed E-state index contributed by atoms with van der Waals surface area (Å²) in [6, 6.07) is 13.5. The summed E-state index contributed by atoms with van der Waals surface area (Å²) < 4.78 is 11.2. The molecule has 0 atom stereocenters. The van der Waals surface area contributed by atoms with Crippen molar-refractivity contribution in [1.29, 1.82) is 0 Å². The van der Waals surface area contributed by atoms with Gasteiger partial charge in [0.15, 0.2) is 11.5 Å². The molecule has 96 valence electrons. The first-order valence-electron chi connectivity index (χ1n) is 6.30. The molecule has 19 heavy (non-hydrogen) atoms. The Hall–Kier alpha value is -2.29. The first kappa shape index (κ1) is 11.8. The maximum absolute atomic E-state index is 11.4.